The summed E-state index contributed by atoms with van der Waals surface area (Å²) in [7, 11) is -4.20. The second-order valence-corrected chi connectivity index (χ2v) is 11.5. The van der Waals surface area contributed by atoms with E-state index in [2.05, 4.69) is 5.32 Å². The van der Waals surface area contributed by atoms with Crippen LogP contribution in [-0.4, -0.2) is 50.0 Å². The highest BCUT2D eigenvalue weighted by Gasteiger charge is 2.36. The van der Waals surface area contributed by atoms with Crippen molar-refractivity contribution in [2.75, 3.05) is 17.1 Å². The van der Waals surface area contributed by atoms with E-state index >= 15 is 0 Å². The van der Waals surface area contributed by atoms with Crippen molar-refractivity contribution in [3.63, 3.8) is 0 Å². The van der Waals surface area contributed by atoms with Crippen LogP contribution in [0.5, 0.6) is 0 Å². The number of rotatable bonds is 11. The Balaban J connectivity index is 2.52. The Morgan fingerprint density at radius 1 is 1.05 bits per heavy atom. The number of nitrogens with one attached hydrogen (secondary N) is 1. The lowest BCUT2D eigenvalue weighted by atomic mass is 10.1. The Hall–Kier alpha value is -2.79. The molecule has 0 fully saturated rings. The van der Waals surface area contributed by atoms with Gasteiger partial charge in [0.2, 0.25) is 21.8 Å². The Morgan fingerprint density at radius 3 is 2.16 bits per heavy atom. The fourth-order valence-corrected chi connectivity index (χ4v) is 4.82. The van der Waals surface area contributed by atoms with E-state index in [4.69, 9.17) is 11.6 Å². The molecule has 0 spiro atoms. The summed E-state index contributed by atoms with van der Waals surface area (Å²) in [5.41, 5.74) is 0.0914. The summed E-state index contributed by atoms with van der Waals surface area (Å²) in [5.74, 6) is -1.15. The highest BCUT2D eigenvalue weighted by Crippen LogP contribution is 2.37. The molecule has 1 N–H and O–H groups in total. The van der Waals surface area contributed by atoms with Gasteiger partial charge in [-0.3, -0.25) is 13.9 Å². The summed E-state index contributed by atoms with van der Waals surface area (Å²) >= 11 is 5.70. The van der Waals surface area contributed by atoms with Crippen LogP contribution in [0.3, 0.4) is 0 Å². The molecular weight excluding hydrogens is 543 g/mol. The van der Waals surface area contributed by atoms with Crippen molar-refractivity contribution in [3.8, 4) is 0 Å². The highest BCUT2D eigenvalue weighted by molar-refractivity contribution is 7.92. The number of carbonyl (C=O) groups is 2. The number of anilines is 1. The maximum atomic E-state index is 13.6. The van der Waals surface area contributed by atoms with Crippen LogP contribution in [0.25, 0.3) is 0 Å². The third-order valence-electron chi connectivity index (χ3n) is 6.08. The van der Waals surface area contributed by atoms with Crippen LogP contribution >= 0.6 is 11.6 Å². The lowest BCUT2D eigenvalue weighted by Crippen LogP contribution is -2.53. The van der Waals surface area contributed by atoms with E-state index in [9.17, 15) is 31.2 Å². The molecule has 0 bridgehead atoms. The first-order valence-corrected chi connectivity index (χ1v) is 14.3. The van der Waals surface area contributed by atoms with Crippen LogP contribution in [0, 0.1) is 6.92 Å². The van der Waals surface area contributed by atoms with Crippen molar-refractivity contribution in [3.05, 3.63) is 64.2 Å². The number of aryl methyl sites for hydroxylation is 1. The lowest BCUT2D eigenvalue weighted by Gasteiger charge is -2.33. The first-order valence-electron chi connectivity index (χ1n) is 12.1. The molecule has 7 nitrogen and oxygen atoms in total. The van der Waals surface area contributed by atoms with Gasteiger partial charge in [-0.2, -0.15) is 13.2 Å². The van der Waals surface area contributed by atoms with Gasteiger partial charge in [0.05, 0.1) is 22.5 Å². The molecule has 0 heterocycles. The Bertz CT molecular complexity index is 1240. The van der Waals surface area contributed by atoms with Gasteiger partial charge in [0.25, 0.3) is 0 Å². The summed E-state index contributed by atoms with van der Waals surface area (Å²) in [6.07, 6.45) is -3.15. The monoisotopic (exact) mass is 575 g/mol. The minimum Gasteiger partial charge on any atom is -0.352 e. The van der Waals surface area contributed by atoms with E-state index in [1.165, 1.54) is 4.90 Å². The molecule has 0 saturated heterocycles. The molecule has 0 radical (unpaired) electrons. The fourth-order valence-electron chi connectivity index (χ4n) is 3.75. The quantitative estimate of drug-likeness (QED) is 0.401. The molecule has 2 aromatic carbocycles. The second kappa shape index (κ2) is 12.8. The van der Waals surface area contributed by atoms with Gasteiger partial charge in [0.15, 0.2) is 0 Å². The number of halogens is 4. The number of hydrogen-bond donors (Lipinski definition) is 1. The second-order valence-electron chi connectivity index (χ2n) is 9.18. The van der Waals surface area contributed by atoms with Crippen molar-refractivity contribution < 1.29 is 31.2 Å². The molecule has 2 rings (SSSR count). The van der Waals surface area contributed by atoms with E-state index in [-0.39, 0.29) is 24.7 Å². The predicted octanol–water partition coefficient (Wildman–Crippen LogP) is 5.16. The largest absolute Gasteiger partial charge is 0.417 e. The van der Waals surface area contributed by atoms with Gasteiger partial charge in [-0.25, -0.2) is 8.42 Å². The van der Waals surface area contributed by atoms with Crippen LogP contribution < -0.4 is 9.62 Å². The summed E-state index contributed by atoms with van der Waals surface area (Å²) in [6.45, 7) is 6.52. The smallest absolute Gasteiger partial charge is 0.352 e. The number of benzene rings is 2. The molecule has 2 aromatic rings. The van der Waals surface area contributed by atoms with Gasteiger partial charge in [0.1, 0.15) is 12.6 Å². The van der Waals surface area contributed by atoms with E-state index in [1.807, 2.05) is 32.9 Å². The van der Waals surface area contributed by atoms with Gasteiger partial charge >= 0.3 is 6.18 Å². The third kappa shape index (κ3) is 8.36. The van der Waals surface area contributed by atoms with Gasteiger partial charge in [-0.05, 0) is 50.5 Å². The van der Waals surface area contributed by atoms with Crippen LogP contribution in [0.2, 0.25) is 5.02 Å². The summed E-state index contributed by atoms with van der Waals surface area (Å²) in [4.78, 5) is 28.0. The van der Waals surface area contributed by atoms with Crippen molar-refractivity contribution in [1.29, 1.82) is 0 Å². The van der Waals surface area contributed by atoms with Gasteiger partial charge in [0, 0.05) is 12.6 Å². The number of carbonyl (C=O) groups excluding carboxylic acids is 2. The lowest BCUT2D eigenvalue weighted by molar-refractivity contribution is -0.140. The maximum Gasteiger partial charge on any atom is 0.417 e. The average molecular weight is 576 g/mol. The standard InChI is InChI=1S/C26H33ClF3N3O4S/c1-6-18(4)31-25(35)23(7-2)32(15-19-10-8-17(3)9-11-19)24(34)16-33(38(5,36)37)20-12-13-22(27)21(14-20)26(28,29)30/h8-14,18,23H,6-7,15-16H2,1-5H3,(H,31,35). The first kappa shape index (κ1) is 31.4. The normalized spacial score (nSPS) is 13.5. The molecule has 2 atom stereocenters. The van der Waals surface area contributed by atoms with E-state index in [0.29, 0.717) is 22.4 Å². The predicted molar refractivity (Wildman–Crippen MR) is 142 cm³/mol. The van der Waals surface area contributed by atoms with Crippen molar-refractivity contribution in [2.45, 2.75) is 65.3 Å². The van der Waals surface area contributed by atoms with Gasteiger partial charge in [-0.15, -0.1) is 0 Å². The Kier molecular flexibility index (Phi) is 10.6. The van der Waals surface area contributed by atoms with Crippen molar-refractivity contribution >= 4 is 39.1 Å². The zero-order chi connectivity index (χ0) is 28.8. The van der Waals surface area contributed by atoms with Gasteiger partial charge in [-0.1, -0.05) is 55.3 Å². The number of alkyl halides is 3. The molecule has 210 valence electrons. The molecule has 2 unspecified atom stereocenters. The molecule has 0 aliphatic rings. The van der Waals surface area contributed by atoms with E-state index < -0.39 is 51.2 Å². The third-order valence-corrected chi connectivity index (χ3v) is 7.55. The van der Waals surface area contributed by atoms with Gasteiger partial charge < -0.3 is 10.2 Å². The average Bonchev–Trinajstić information content (AvgIpc) is 2.82. The molecule has 0 aliphatic heterocycles. The van der Waals surface area contributed by atoms with Crippen LogP contribution in [0.4, 0.5) is 18.9 Å². The van der Waals surface area contributed by atoms with Crippen molar-refractivity contribution in [2.24, 2.45) is 0 Å². The zero-order valence-electron chi connectivity index (χ0n) is 22.0. The Labute approximate surface area is 227 Å². The molecule has 2 amide bonds. The molecular formula is C26H33ClF3N3O4S. The fraction of sp³-hybridized carbons (Fsp3) is 0.462. The molecule has 0 aromatic heterocycles. The van der Waals surface area contributed by atoms with E-state index in [0.717, 1.165) is 24.0 Å². The minimum atomic E-state index is -4.83. The first-order chi connectivity index (χ1) is 17.6. The molecule has 38 heavy (non-hydrogen) atoms. The number of sulfonamides is 1. The number of nitrogens with zero attached hydrogens (tertiary/aromatic N) is 2. The van der Waals surface area contributed by atoms with E-state index in [1.54, 1.807) is 19.1 Å². The summed E-state index contributed by atoms with van der Waals surface area (Å²) in [5, 5.41) is 2.25. The Morgan fingerprint density at radius 2 is 1.66 bits per heavy atom. The number of amides is 2. The molecule has 0 aliphatic carbocycles. The highest BCUT2D eigenvalue weighted by atomic mass is 35.5. The summed E-state index contributed by atoms with van der Waals surface area (Å²) in [6, 6.07) is 8.79. The van der Waals surface area contributed by atoms with Crippen molar-refractivity contribution in [1.82, 2.24) is 10.2 Å². The van der Waals surface area contributed by atoms with Crippen LogP contribution in [0.15, 0.2) is 42.5 Å². The maximum absolute atomic E-state index is 13.6. The molecule has 12 heteroatoms. The topological polar surface area (TPSA) is 86.8 Å². The van der Waals surface area contributed by atoms with Crippen LogP contribution in [-0.2, 0) is 32.3 Å². The van der Waals surface area contributed by atoms with Crippen LogP contribution in [0.1, 0.15) is 50.3 Å². The number of hydrogen-bond acceptors (Lipinski definition) is 4. The summed E-state index contributed by atoms with van der Waals surface area (Å²) < 4.78 is 66.2. The molecule has 0 saturated carbocycles. The SMILES string of the molecule is CCC(C)NC(=O)C(CC)N(Cc1ccc(C)cc1)C(=O)CN(c1ccc(Cl)c(C(F)(F)F)c1)S(C)(=O)=O. The minimum absolute atomic E-state index is 0.00241. The zero-order valence-corrected chi connectivity index (χ0v) is 23.5.